The maximum atomic E-state index is 10.7. The molecule has 0 fully saturated rings. The Labute approximate surface area is 107 Å². The predicted octanol–water partition coefficient (Wildman–Crippen LogP) is 0.557. The molecule has 0 atom stereocenters. The minimum Gasteiger partial charge on any atom is -0.478 e. The molecule has 1 rings (SSSR count). The van der Waals surface area contributed by atoms with E-state index in [1.54, 1.807) is 0 Å². The topological polar surface area (TPSA) is 133 Å². The summed E-state index contributed by atoms with van der Waals surface area (Å²) in [6, 6.07) is 3.76. The Morgan fingerprint density at radius 1 is 1.47 bits per heavy atom. The molecule has 0 saturated heterocycles. The van der Waals surface area contributed by atoms with E-state index in [2.05, 4.69) is 0 Å². The highest BCUT2D eigenvalue weighted by Gasteiger charge is 2.15. The lowest BCUT2D eigenvalue weighted by Gasteiger charge is -2.05. The fourth-order valence-corrected chi connectivity index (χ4v) is 1.22. The molecule has 0 unspecified atom stereocenters. The lowest BCUT2D eigenvalue weighted by molar-refractivity contribution is -0.385. The number of rotatable bonds is 6. The number of nitro groups is 1. The number of nitrogens with zero attached hydrogens (tertiary/aromatic N) is 1. The lowest BCUT2D eigenvalue weighted by atomic mass is 10.1. The second-order valence-corrected chi connectivity index (χ2v) is 3.41. The van der Waals surface area contributed by atoms with E-state index in [4.69, 9.17) is 15.6 Å². The van der Waals surface area contributed by atoms with Crippen molar-refractivity contribution in [3.05, 3.63) is 40.0 Å². The first-order chi connectivity index (χ1) is 8.90. The summed E-state index contributed by atoms with van der Waals surface area (Å²) in [6.07, 6.45) is 2.11. The fourth-order valence-electron chi connectivity index (χ4n) is 1.22. The van der Waals surface area contributed by atoms with Crippen molar-refractivity contribution in [2.75, 3.05) is 6.61 Å². The first-order valence-electron chi connectivity index (χ1n) is 5.00. The summed E-state index contributed by atoms with van der Waals surface area (Å²) in [5.41, 5.74) is 4.92. The third-order valence-electron chi connectivity index (χ3n) is 1.97. The molecule has 0 aliphatic rings. The predicted molar refractivity (Wildman–Crippen MR) is 64.5 cm³/mol. The number of carbonyl (C=O) groups is 2. The van der Waals surface area contributed by atoms with Gasteiger partial charge in [-0.1, -0.05) is 0 Å². The van der Waals surface area contributed by atoms with E-state index < -0.39 is 23.4 Å². The molecule has 0 radical (unpaired) electrons. The number of ether oxygens (including phenoxy) is 1. The van der Waals surface area contributed by atoms with Crippen LogP contribution in [-0.2, 0) is 9.59 Å². The summed E-state index contributed by atoms with van der Waals surface area (Å²) >= 11 is 0. The normalized spacial score (nSPS) is 10.3. The Morgan fingerprint density at radius 2 is 2.16 bits per heavy atom. The SMILES string of the molecule is NC(=O)COc1cc(C=CC(=O)O)ccc1[N+](=O)[O-]. The van der Waals surface area contributed by atoms with Crippen LogP contribution in [0.2, 0.25) is 0 Å². The summed E-state index contributed by atoms with van der Waals surface area (Å²) in [5.74, 6) is -2.09. The van der Waals surface area contributed by atoms with Crippen molar-refractivity contribution in [3.8, 4) is 5.75 Å². The molecule has 0 spiro atoms. The van der Waals surface area contributed by atoms with Crippen molar-refractivity contribution in [1.29, 1.82) is 0 Å². The van der Waals surface area contributed by atoms with Crippen LogP contribution in [0.15, 0.2) is 24.3 Å². The molecule has 1 aromatic carbocycles. The third kappa shape index (κ3) is 4.46. The average molecular weight is 266 g/mol. The zero-order valence-electron chi connectivity index (χ0n) is 9.61. The van der Waals surface area contributed by atoms with Gasteiger partial charge < -0.3 is 15.6 Å². The molecule has 0 aliphatic carbocycles. The molecule has 1 amide bonds. The van der Waals surface area contributed by atoms with Crippen molar-refractivity contribution in [3.63, 3.8) is 0 Å². The van der Waals surface area contributed by atoms with Gasteiger partial charge in [-0.25, -0.2) is 4.79 Å². The van der Waals surface area contributed by atoms with Gasteiger partial charge >= 0.3 is 11.7 Å². The maximum Gasteiger partial charge on any atom is 0.328 e. The Balaban J connectivity index is 3.06. The van der Waals surface area contributed by atoms with Gasteiger partial charge in [0.2, 0.25) is 0 Å². The minimum atomic E-state index is -1.15. The molecule has 1 aromatic rings. The van der Waals surface area contributed by atoms with Gasteiger partial charge in [0, 0.05) is 12.1 Å². The quantitative estimate of drug-likeness (QED) is 0.439. The number of aliphatic carboxylic acids is 1. The van der Waals surface area contributed by atoms with Gasteiger partial charge in [-0.2, -0.15) is 0 Å². The summed E-state index contributed by atoms with van der Waals surface area (Å²) in [7, 11) is 0. The van der Waals surface area contributed by atoms with Crippen molar-refractivity contribution in [1.82, 2.24) is 0 Å². The Kier molecular flexibility index (Phi) is 4.58. The number of hydrogen-bond acceptors (Lipinski definition) is 5. The van der Waals surface area contributed by atoms with Crippen LogP contribution in [0.3, 0.4) is 0 Å². The van der Waals surface area contributed by atoms with E-state index in [1.165, 1.54) is 18.2 Å². The van der Waals surface area contributed by atoms with Crippen molar-refractivity contribution in [2.45, 2.75) is 0 Å². The maximum absolute atomic E-state index is 10.7. The number of carbonyl (C=O) groups excluding carboxylic acids is 1. The lowest BCUT2D eigenvalue weighted by Crippen LogP contribution is -2.20. The van der Waals surface area contributed by atoms with Crippen LogP contribution in [0.5, 0.6) is 5.75 Å². The second kappa shape index (κ2) is 6.15. The Bertz CT molecular complexity index is 552. The molecule has 8 heteroatoms. The fraction of sp³-hybridized carbons (Fsp3) is 0.0909. The number of nitro benzene ring substituents is 1. The van der Waals surface area contributed by atoms with E-state index in [0.29, 0.717) is 5.56 Å². The average Bonchev–Trinajstić information content (AvgIpc) is 2.33. The smallest absolute Gasteiger partial charge is 0.328 e. The second-order valence-electron chi connectivity index (χ2n) is 3.41. The van der Waals surface area contributed by atoms with Crippen molar-refractivity contribution in [2.24, 2.45) is 5.73 Å². The van der Waals surface area contributed by atoms with Crippen molar-refractivity contribution < 1.29 is 24.4 Å². The Morgan fingerprint density at radius 3 is 2.68 bits per heavy atom. The monoisotopic (exact) mass is 266 g/mol. The molecular formula is C11H10N2O6. The van der Waals surface area contributed by atoms with Crippen LogP contribution in [-0.4, -0.2) is 28.5 Å². The largest absolute Gasteiger partial charge is 0.478 e. The summed E-state index contributed by atoms with van der Waals surface area (Å²) in [6.45, 7) is -0.507. The molecule has 0 saturated carbocycles. The molecule has 0 aromatic heterocycles. The highest BCUT2D eigenvalue weighted by molar-refractivity contribution is 5.85. The van der Waals surface area contributed by atoms with Crippen LogP contribution in [0.1, 0.15) is 5.56 Å². The van der Waals surface area contributed by atoms with E-state index in [-0.39, 0.29) is 11.4 Å². The van der Waals surface area contributed by atoms with Crippen LogP contribution >= 0.6 is 0 Å². The Hall–Kier alpha value is -2.90. The van der Waals surface area contributed by atoms with Gasteiger partial charge in [-0.05, 0) is 23.8 Å². The number of carboxylic acids is 1. The van der Waals surface area contributed by atoms with Gasteiger partial charge in [0.15, 0.2) is 12.4 Å². The van der Waals surface area contributed by atoms with Gasteiger partial charge in [0.05, 0.1) is 4.92 Å². The molecule has 0 bridgehead atoms. The first-order valence-corrected chi connectivity index (χ1v) is 5.00. The van der Waals surface area contributed by atoms with E-state index in [1.807, 2.05) is 0 Å². The summed E-state index contributed by atoms with van der Waals surface area (Å²) < 4.78 is 4.91. The van der Waals surface area contributed by atoms with E-state index in [9.17, 15) is 19.7 Å². The van der Waals surface area contributed by atoms with Crippen LogP contribution in [0, 0.1) is 10.1 Å². The molecule has 19 heavy (non-hydrogen) atoms. The highest BCUT2D eigenvalue weighted by Crippen LogP contribution is 2.28. The first kappa shape index (κ1) is 14.2. The van der Waals surface area contributed by atoms with Gasteiger partial charge in [-0.3, -0.25) is 14.9 Å². The molecular weight excluding hydrogens is 256 g/mol. The molecule has 8 nitrogen and oxygen atoms in total. The summed E-state index contributed by atoms with van der Waals surface area (Å²) in [4.78, 5) is 31.0. The number of amides is 1. The highest BCUT2D eigenvalue weighted by atomic mass is 16.6. The van der Waals surface area contributed by atoms with E-state index in [0.717, 1.165) is 12.1 Å². The number of nitrogens with two attached hydrogens (primary N) is 1. The molecule has 0 aliphatic heterocycles. The number of primary amides is 1. The van der Waals surface area contributed by atoms with Crippen molar-refractivity contribution >= 4 is 23.6 Å². The van der Waals surface area contributed by atoms with Gasteiger partial charge in [-0.15, -0.1) is 0 Å². The third-order valence-corrected chi connectivity index (χ3v) is 1.97. The van der Waals surface area contributed by atoms with Crippen LogP contribution in [0.25, 0.3) is 6.08 Å². The van der Waals surface area contributed by atoms with Crippen LogP contribution < -0.4 is 10.5 Å². The van der Waals surface area contributed by atoms with Crippen LogP contribution in [0.4, 0.5) is 5.69 Å². The minimum absolute atomic E-state index is 0.156. The standard InChI is InChI=1S/C11H10N2O6/c12-10(14)6-19-9-5-7(2-4-11(15)16)1-3-8(9)13(17)18/h1-5H,6H2,(H2,12,14)(H,15,16). The number of benzene rings is 1. The molecule has 3 N–H and O–H groups in total. The zero-order chi connectivity index (χ0) is 14.4. The zero-order valence-corrected chi connectivity index (χ0v) is 9.61. The number of hydrogen-bond donors (Lipinski definition) is 2. The number of carboxylic acid groups (broad SMARTS) is 1. The van der Waals surface area contributed by atoms with E-state index >= 15 is 0 Å². The molecule has 100 valence electrons. The van der Waals surface area contributed by atoms with Gasteiger partial charge in [0.25, 0.3) is 5.91 Å². The summed E-state index contributed by atoms with van der Waals surface area (Å²) in [5, 5.41) is 19.2. The van der Waals surface area contributed by atoms with Gasteiger partial charge in [0.1, 0.15) is 0 Å². The molecule has 0 heterocycles.